The van der Waals surface area contributed by atoms with Crippen molar-refractivity contribution in [1.82, 2.24) is 4.90 Å². The van der Waals surface area contributed by atoms with Gasteiger partial charge in [-0.05, 0) is 24.8 Å². The van der Waals surface area contributed by atoms with Crippen molar-refractivity contribution in [3.63, 3.8) is 0 Å². The lowest BCUT2D eigenvalue weighted by molar-refractivity contribution is -0.123. The number of hydrogen-bond acceptors (Lipinski definition) is 6. The molecule has 0 radical (unpaired) electrons. The van der Waals surface area contributed by atoms with Gasteiger partial charge in [-0.1, -0.05) is 6.08 Å². The van der Waals surface area contributed by atoms with E-state index in [2.05, 4.69) is 11.5 Å². The van der Waals surface area contributed by atoms with Gasteiger partial charge < -0.3 is 14.1 Å². The Morgan fingerprint density at radius 2 is 2.04 bits per heavy atom. The van der Waals surface area contributed by atoms with Gasteiger partial charge in [0.05, 0.1) is 24.2 Å². The summed E-state index contributed by atoms with van der Waals surface area (Å²) in [4.78, 5) is 28.0. The number of furan rings is 1. The molecule has 0 bridgehead atoms. The van der Waals surface area contributed by atoms with Crippen LogP contribution in [-0.4, -0.2) is 48.4 Å². The lowest BCUT2D eigenvalue weighted by atomic mass is 10.3. The summed E-state index contributed by atoms with van der Waals surface area (Å²) >= 11 is 0.922. The number of ether oxygens (including phenoxy) is 1. The maximum Gasteiger partial charge on any atom is 0.294 e. The highest BCUT2D eigenvalue weighted by Crippen LogP contribution is 2.34. The van der Waals surface area contributed by atoms with E-state index in [4.69, 9.17) is 9.15 Å². The largest absolute Gasteiger partial charge is 0.441 e. The fourth-order valence-electron chi connectivity index (χ4n) is 2.44. The van der Waals surface area contributed by atoms with E-state index < -0.39 is 0 Å². The van der Waals surface area contributed by atoms with Gasteiger partial charge in [-0.2, -0.15) is 0 Å². The first-order valence-corrected chi connectivity index (χ1v) is 8.24. The number of anilines is 1. The van der Waals surface area contributed by atoms with Crippen LogP contribution in [0.25, 0.3) is 6.08 Å². The van der Waals surface area contributed by atoms with Crippen molar-refractivity contribution in [2.45, 2.75) is 13.0 Å². The Morgan fingerprint density at radius 3 is 2.74 bits per heavy atom. The standard InChI is InChI=1S/C16H18N2O4S/c1-3-11(2)18-15(19)13(23-16(18)20)10-12-4-5-14(22-12)17-6-8-21-9-7-17/h3-5,10-11H,1,6-9H2,2H3/b13-10+. The molecule has 2 amide bonds. The zero-order valence-corrected chi connectivity index (χ0v) is 13.7. The highest BCUT2D eigenvalue weighted by molar-refractivity contribution is 8.18. The number of imide groups is 1. The average molecular weight is 334 g/mol. The van der Waals surface area contributed by atoms with Crippen molar-refractivity contribution in [3.8, 4) is 0 Å². The predicted molar refractivity (Wildman–Crippen MR) is 89.2 cm³/mol. The Hall–Kier alpha value is -1.99. The topological polar surface area (TPSA) is 63.0 Å². The molecule has 2 aliphatic heterocycles. The molecule has 2 saturated heterocycles. The summed E-state index contributed by atoms with van der Waals surface area (Å²) in [6.45, 7) is 8.29. The van der Waals surface area contributed by atoms with E-state index in [1.54, 1.807) is 25.1 Å². The van der Waals surface area contributed by atoms with Crippen molar-refractivity contribution in [2.75, 3.05) is 31.2 Å². The van der Waals surface area contributed by atoms with Gasteiger partial charge >= 0.3 is 0 Å². The zero-order valence-electron chi connectivity index (χ0n) is 12.9. The molecule has 0 aromatic carbocycles. The van der Waals surface area contributed by atoms with E-state index in [0.717, 1.165) is 30.7 Å². The summed E-state index contributed by atoms with van der Waals surface area (Å²) < 4.78 is 11.1. The van der Waals surface area contributed by atoms with Gasteiger partial charge in [0.1, 0.15) is 5.76 Å². The van der Waals surface area contributed by atoms with Crippen LogP contribution in [0.1, 0.15) is 12.7 Å². The molecule has 6 nitrogen and oxygen atoms in total. The Labute approximate surface area is 138 Å². The summed E-state index contributed by atoms with van der Waals surface area (Å²) in [5, 5.41) is -0.284. The first kappa shape index (κ1) is 15.9. The van der Waals surface area contributed by atoms with E-state index in [-0.39, 0.29) is 17.2 Å². The van der Waals surface area contributed by atoms with Crippen LogP contribution in [0.5, 0.6) is 0 Å². The highest BCUT2D eigenvalue weighted by atomic mass is 32.2. The van der Waals surface area contributed by atoms with E-state index in [0.29, 0.717) is 23.9 Å². The number of nitrogens with zero attached hydrogens (tertiary/aromatic N) is 2. The Bertz CT molecular complexity index is 661. The molecule has 122 valence electrons. The fourth-order valence-corrected chi connectivity index (χ4v) is 3.34. The molecule has 23 heavy (non-hydrogen) atoms. The van der Waals surface area contributed by atoms with Crippen molar-refractivity contribution in [1.29, 1.82) is 0 Å². The fraction of sp³-hybridized carbons (Fsp3) is 0.375. The maximum atomic E-state index is 12.3. The van der Waals surface area contributed by atoms with Crippen molar-refractivity contribution in [2.24, 2.45) is 0 Å². The third-order valence-electron chi connectivity index (χ3n) is 3.78. The van der Waals surface area contributed by atoms with Crippen molar-refractivity contribution >= 4 is 34.9 Å². The predicted octanol–water partition coefficient (Wildman–Crippen LogP) is 2.73. The number of carbonyl (C=O) groups excluding carboxylic acids is 2. The molecule has 0 saturated carbocycles. The Balaban J connectivity index is 1.77. The van der Waals surface area contributed by atoms with Crippen LogP contribution in [0.15, 0.2) is 34.1 Å². The monoisotopic (exact) mass is 334 g/mol. The molecule has 0 N–H and O–H groups in total. The van der Waals surface area contributed by atoms with Gasteiger partial charge in [0, 0.05) is 25.2 Å². The average Bonchev–Trinajstić information content (AvgIpc) is 3.13. The molecule has 2 fully saturated rings. The third kappa shape index (κ3) is 3.20. The number of carbonyl (C=O) groups is 2. The van der Waals surface area contributed by atoms with Gasteiger partial charge in [0.2, 0.25) is 0 Å². The second kappa shape index (κ2) is 6.64. The molecular formula is C16H18N2O4S. The van der Waals surface area contributed by atoms with Gasteiger partial charge in [-0.3, -0.25) is 14.5 Å². The van der Waals surface area contributed by atoms with Crippen LogP contribution < -0.4 is 4.90 Å². The number of hydrogen-bond donors (Lipinski definition) is 0. The summed E-state index contributed by atoms with van der Waals surface area (Å²) in [6.07, 6.45) is 3.19. The van der Waals surface area contributed by atoms with Gasteiger partial charge in [0.15, 0.2) is 5.88 Å². The van der Waals surface area contributed by atoms with Crippen LogP contribution in [0.4, 0.5) is 10.7 Å². The van der Waals surface area contributed by atoms with Gasteiger partial charge in [0.25, 0.3) is 11.1 Å². The molecule has 1 atom stereocenters. The number of amides is 2. The number of rotatable bonds is 4. The molecule has 1 unspecified atom stereocenters. The normalized spacial score (nSPS) is 22.0. The summed E-state index contributed by atoms with van der Waals surface area (Å²) in [5.74, 6) is 0.998. The number of thioether (sulfide) groups is 1. The van der Waals surface area contributed by atoms with Gasteiger partial charge in [-0.15, -0.1) is 6.58 Å². The van der Waals surface area contributed by atoms with Crippen molar-refractivity contribution < 1.29 is 18.7 Å². The Kier molecular flexibility index (Phi) is 4.58. The van der Waals surface area contributed by atoms with E-state index in [1.807, 2.05) is 6.07 Å². The van der Waals surface area contributed by atoms with Crippen LogP contribution in [0.3, 0.4) is 0 Å². The SMILES string of the molecule is C=CC(C)N1C(=O)S/C(=C/c2ccc(N3CCOCC3)o2)C1=O. The van der Waals surface area contributed by atoms with E-state index in [1.165, 1.54) is 4.90 Å². The zero-order chi connectivity index (χ0) is 16.4. The second-order valence-electron chi connectivity index (χ2n) is 5.30. The van der Waals surface area contributed by atoms with Crippen LogP contribution in [0.2, 0.25) is 0 Å². The van der Waals surface area contributed by atoms with Crippen molar-refractivity contribution in [3.05, 3.63) is 35.5 Å². The lowest BCUT2D eigenvalue weighted by Gasteiger charge is -2.26. The molecule has 0 aliphatic carbocycles. The first-order valence-electron chi connectivity index (χ1n) is 7.42. The molecule has 0 spiro atoms. The molecule has 1 aromatic rings. The first-order chi connectivity index (χ1) is 11.1. The lowest BCUT2D eigenvalue weighted by Crippen LogP contribution is -2.35. The van der Waals surface area contributed by atoms with Gasteiger partial charge in [-0.25, -0.2) is 0 Å². The minimum atomic E-state index is -0.325. The summed E-state index contributed by atoms with van der Waals surface area (Å²) in [6, 6.07) is 3.35. The molecule has 3 heterocycles. The van der Waals surface area contributed by atoms with Crippen LogP contribution in [0, 0.1) is 0 Å². The van der Waals surface area contributed by atoms with Crippen LogP contribution in [-0.2, 0) is 9.53 Å². The number of morpholine rings is 1. The quantitative estimate of drug-likeness (QED) is 0.623. The van der Waals surface area contributed by atoms with E-state index >= 15 is 0 Å². The Morgan fingerprint density at radius 1 is 1.30 bits per heavy atom. The minimum absolute atomic E-state index is 0.284. The molecular weight excluding hydrogens is 316 g/mol. The third-order valence-corrected chi connectivity index (χ3v) is 4.66. The molecule has 3 rings (SSSR count). The maximum absolute atomic E-state index is 12.3. The highest BCUT2D eigenvalue weighted by Gasteiger charge is 2.37. The van der Waals surface area contributed by atoms with E-state index in [9.17, 15) is 9.59 Å². The summed E-state index contributed by atoms with van der Waals surface area (Å²) in [5.41, 5.74) is 0. The van der Waals surface area contributed by atoms with Crippen LogP contribution >= 0.6 is 11.8 Å². The molecule has 7 heteroatoms. The minimum Gasteiger partial charge on any atom is -0.441 e. The smallest absolute Gasteiger partial charge is 0.294 e. The molecule has 2 aliphatic rings. The summed E-state index contributed by atoms with van der Waals surface area (Å²) in [7, 11) is 0. The molecule has 1 aromatic heterocycles. The second-order valence-corrected chi connectivity index (χ2v) is 6.30.